The molecule has 0 aliphatic carbocycles. The quantitative estimate of drug-likeness (QED) is 0.718. The fourth-order valence-corrected chi connectivity index (χ4v) is 3.64. The van der Waals surface area contributed by atoms with Crippen LogP contribution < -0.4 is 10.5 Å². The van der Waals surface area contributed by atoms with Crippen LogP contribution in [0, 0.1) is 5.92 Å². The number of ether oxygens (including phenoxy) is 2. The van der Waals surface area contributed by atoms with Gasteiger partial charge in [0, 0.05) is 32.7 Å². The van der Waals surface area contributed by atoms with Gasteiger partial charge in [-0.3, -0.25) is 4.90 Å². The summed E-state index contributed by atoms with van der Waals surface area (Å²) >= 11 is 0. The molecule has 0 amide bonds. The van der Waals surface area contributed by atoms with Crippen LogP contribution in [0.4, 0.5) is 0 Å². The van der Waals surface area contributed by atoms with Gasteiger partial charge >= 0.3 is 0 Å². The van der Waals surface area contributed by atoms with Gasteiger partial charge in [-0.2, -0.15) is 0 Å². The second-order valence-electron chi connectivity index (χ2n) is 6.70. The van der Waals surface area contributed by atoms with E-state index in [-0.39, 0.29) is 12.4 Å². The van der Waals surface area contributed by atoms with E-state index in [0.717, 1.165) is 31.9 Å². The van der Waals surface area contributed by atoms with Crippen molar-refractivity contribution in [2.45, 2.75) is 12.5 Å². The Balaban J connectivity index is 0.00000243. The Morgan fingerprint density at radius 2 is 1.85 bits per heavy atom. The highest BCUT2D eigenvalue weighted by Gasteiger charge is 2.32. The van der Waals surface area contributed by atoms with Crippen LogP contribution in [0.25, 0.3) is 0 Å². The summed E-state index contributed by atoms with van der Waals surface area (Å²) in [5.41, 5.74) is 8.73. The summed E-state index contributed by atoms with van der Waals surface area (Å²) < 4.78 is 10.8. The molecule has 2 aromatic carbocycles. The van der Waals surface area contributed by atoms with Crippen LogP contribution in [0.5, 0.6) is 5.75 Å². The number of hydrogen-bond donors (Lipinski definition) is 1. The predicted molar refractivity (Wildman–Crippen MR) is 108 cm³/mol. The second kappa shape index (κ2) is 10.5. The minimum Gasteiger partial charge on any atom is -0.491 e. The molecular formula is C21H29ClN2O2. The van der Waals surface area contributed by atoms with Crippen molar-refractivity contribution in [3.8, 4) is 5.75 Å². The molecule has 0 bridgehead atoms. The average Bonchev–Trinajstić information content (AvgIpc) is 3.06. The van der Waals surface area contributed by atoms with Gasteiger partial charge in [0.2, 0.25) is 0 Å². The number of nitrogens with two attached hydrogens (primary N) is 1. The average molecular weight is 377 g/mol. The predicted octanol–water partition coefficient (Wildman–Crippen LogP) is 3.31. The van der Waals surface area contributed by atoms with E-state index in [1.807, 2.05) is 6.07 Å². The van der Waals surface area contributed by atoms with Crippen molar-refractivity contribution >= 4 is 12.4 Å². The molecule has 0 saturated carbocycles. The van der Waals surface area contributed by atoms with E-state index in [2.05, 4.69) is 53.4 Å². The Bertz CT molecular complexity index is 653. The Labute approximate surface area is 162 Å². The maximum absolute atomic E-state index is 6.05. The molecule has 1 aliphatic heterocycles. The summed E-state index contributed by atoms with van der Waals surface area (Å²) in [5, 5.41) is 0. The first-order valence-corrected chi connectivity index (χ1v) is 8.98. The molecule has 1 heterocycles. The van der Waals surface area contributed by atoms with Crippen LogP contribution in [0.2, 0.25) is 0 Å². The summed E-state index contributed by atoms with van der Waals surface area (Å²) in [6.45, 7) is 4.95. The first-order valence-electron chi connectivity index (χ1n) is 8.98. The maximum Gasteiger partial charge on any atom is 0.119 e. The zero-order valence-corrected chi connectivity index (χ0v) is 16.2. The molecule has 0 aromatic heterocycles. The van der Waals surface area contributed by atoms with E-state index in [4.69, 9.17) is 15.2 Å². The van der Waals surface area contributed by atoms with Crippen molar-refractivity contribution in [1.82, 2.24) is 4.90 Å². The first kappa shape index (κ1) is 20.7. The second-order valence-corrected chi connectivity index (χ2v) is 6.70. The van der Waals surface area contributed by atoms with E-state index in [1.165, 1.54) is 11.1 Å². The van der Waals surface area contributed by atoms with Crippen LogP contribution in [0.15, 0.2) is 54.6 Å². The maximum atomic E-state index is 6.05. The molecule has 2 atom stereocenters. The number of benzene rings is 2. The molecule has 26 heavy (non-hydrogen) atoms. The fourth-order valence-electron chi connectivity index (χ4n) is 3.64. The van der Waals surface area contributed by atoms with Gasteiger partial charge in [0.1, 0.15) is 12.4 Å². The van der Waals surface area contributed by atoms with Crippen molar-refractivity contribution in [2.24, 2.45) is 11.7 Å². The highest BCUT2D eigenvalue weighted by molar-refractivity contribution is 5.85. The molecule has 0 spiro atoms. The molecule has 2 N–H and O–H groups in total. The summed E-state index contributed by atoms with van der Waals surface area (Å²) in [7, 11) is 1.68. The Morgan fingerprint density at radius 3 is 2.58 bits per heavy atom. The number of rotatable bonds is 8. The van der Waals surface area contributed by atoms with E-state index < -0.39 is 0 Å². The van der Waals surface area contributed by atoms with E-state index in [9.17, 15) is 0 Å². The van der Waals surface area contributed by atoms with Crippen molar-refractivity contribution in [3.05, 3.63) is 65.7 Å². The molecular weight excluding hydrogens is 348 g/mol. The third kappa shape index (κ3) is 5.45. The molecule has 3 rings (SSSR count). The van der Waals surface area contributed by atoms with Crippen molar-refractivity contribution < 1.29 is 9.47 Å². The number of hydrogen-bond acceptors (Lipinski definition) is 4. The summed E-state index contributed by atoms with van der Waals surface area (Å²) in [5.74, 6) is 1.94. The number of likely N-dealkylation sites (tertiary alicyclic amines) is 1. The Kier molecular flexibility index (Phi) is 8.39. The Hall–Kier alpha value is -1.59. The van der Waals surface area contributed by atoms with Crippen LogP contribution >= 0.6 is 12.4 Å². The fraction of sp³-hybridized carbons (Fsp3) is 0.429. The van der Waals surface area contributed by atoms with Crippen molar-refractivity contribution in [2.75, 3.05) is 40.0 Å². The van der Waals surface area contributed by atoms with Gasteiger partial charge in [-0.15, -0.1) is 12.4 Å². The zero-order valence-electron chi connectivity index (χ0n) is 15.3. The van der Waals surface area contributed by atoms with Crippen molar-refractivity contribution in [1.29, 1.82) is 0 Å². The van der Waals surface area contributed by atoms with Gasteiger partial charge in [0.25, 0.3) is 0 Å². The molecule has 1 aliphatic rings. The van der Waals surface area contributed by atoms with Crippen molar-refractivity contribution in [3.63, 3.8) is 0 Å². The van der Waals surface area contributed by atoms with Gasteiger partial charge in [0.05, 0.1) is 6.61 Å². The normalized spacial score (nSPS) is 19.9. The van der Waals surface area contributed by atoms with Crippen LogP contribution in [0.3, 0.4) is 0 Å². The third-order valence-corrected chi connectivity index (χ3v) is 4.91. The molecule has 0 radical (unpaired) electrons. The standard InChI is InChI=1S/C21H28N2O2.ClH/c1-24-10-11-25-20-9-5-6-17(12-20)14-23-15-19(13-22)21(16-23)18-7-3-2-4-8-18;/h2-9,12,19,21H,10-11,13-16,22H2,1H3;1H/t19-,21+;/m1./s1. The SMILES string of the molecule is COCCOc1cccc(CN2C[C@@H](CN)[C@H](c3ccccc3)C2)c1.Cl. The lowest BCUT2D eigenvalue weighted by Gasteiger charge is -2.17. The van der Waals surface area contributed by atoms with Gasteiger partial charge in [-0.1, -0.05) is 42.5 Å². The lowest BCUT2D eigenvalue weighted by molar-refractivity contribution is 0.146. The highest BCUT2D eigenvalue weighted by Crippen LogP contribution is 2.33. The summed E-state index contributed by atoms with van der Waals surface area (Å²) in [6, 6.07) is 19.1. The molecule has 4 nitrogen and oxygen atoms in total. The topological polar surface area (TPSA) is 47.7 Å². The minimum atomic E-state index is 0. The minimum absolute atomic E-state index is 0. The van der Waals surface area contributed by atoms with Gasteiger partial charge in [0.15, 0.2) is 0 Å². The summed E-state index contributed by atoms with van der Waals surface area (Å²) in [6.07, 6.45) is 0. The van der Waals surface area contributed by atoms with E-state index in [0.29, 0.717) is 25.0 Å². The highest BCUT2D eigenvalue weighted by atomic mass is 35.5. The lowest BCUT2D eigenvalue weighted by Crippen LogP contribution is -2.23. The molecule has 142 valence electrons. The van der Waals surface area contributed by atoms with Gasteiger partial charge in [-0.05, 0) is 35.7 Å². The van der Waals surface area contributed by atoms with Gasteiger partial charge < -0.3 is 15.2 Å². The molecule has 0 unspecified atom stereocenters. The van der Waals surface area contributed by atoms with Crippen LogP contribution in [0.1, 0.15) is 17.0 Å². The van der Waals surface area contributed by atoms with E-state index in [1.54, 1.807) is 7.11 Å². The van der Waals surface area contributed by atoms with E-state index >= 15 is 0 Å². The molecule has 1 saturated heterocycles. The molecule has 2 aromatic rings. The first-order chi connectivity index (χ1) is 12.3. The Morgan fingerprint density at radius 1 is 1.04 bits per heavy atom. The van der Waals surface area contributed by atoms with Crippen LogP contribution in [-0.4, -0.2) is 44.9 Å². The van der Waals surface area contributed by atoms with Gasteiger partial charge in [-0.25, -0.2) is 0 Å². The molecule has 5 heteroatoms. The van der Waals surface area contributed by atoms with Crippen LogP contribution in [-0.2, 0) is 11.3 Å². The smallest absolute Gasteiger partial charge is 0.119 e. The monoisotopic (exact) mass is 376 g/mol. The summed E-state index contributed by atoms with van der Waals surface area (Å²) in [4.78, 5) is 2.50. The molecule has 1 fully saturated rings. The third-order valence-electron chi connectivity index (χ3n) is 4.91. The lowest BCUT2D eigenvalue weighted by atomic mass is 9.89. The number of nitrogens with zero attached hydrogens (tertiary/aromatic N) is 1. The zero-order chi connectivity index (χ0) is 17.5. The number of methoxy groups -OCH3 is 1. The number of halogens is 1. The largest absolute Gasteiger partial charge is 0.491 e.